The number of fused-ring (bicyclic) bond motifs is 1. The number of nitrogens with one attached hydrogen (secondary N) is 1. The Morgan fingerprint density at radius 2 is 1.81 bits per heavy atom. The number of nitrogens with zero attached hydrogens (tertiary/aromatic N) is 1. The van der Waals surface area contributed by atoms with Gasteiger partial charge in [0.1, 0.15) is 15.5 Å². The molecule has 0 aliphatic rings. The lowest BCUT2D eigenvalue weighted by Crippen LogP contribution is -2.25. The molecule has 0 aliphatic carbocycles. The average Bonchev–Trinajstić information content (AvgIpc) is 2.92. The molecular formula is C20H21N3O2S. The standard InChI is InChI=1S/C20H21N3O2S/c1-12-3-8-16-17(21)18(26-20(16)23-12)19(25)22-10-9-14-4-6-15(7-5-14)11-13(2)24/h3-8H,9-11,21H2,1-2H3,(H,22,25). The van der Waals surface area contributed by atoms with Gasteiger partial charge in [-0.05, 0) is 43.5 Å². The average molecular weight is 367 g/mol. The van der Waals surface area contributed by atoms with Crippen molar-refractivity contribution in [1.29, 1.82) is 0 Å². The molecule has 0 fully saturated rings. The largest absolute Gasteiger partial charge is 0.397 e. The Hall–Kier alpha value is -2.73. The Bertz CT molecular complexity index is 961. The molecule has 0 saturated carbocycles. The van der Waals surface area contributed by atoms with E-state index in [1.807, 2.05) is 43.3 Å². The van der Waals surface area contributed by atoms with Crippen LogP contribution in [0.4, 0.5) is 5.69 Å². The number of anilines is 1. The van der Waals surface area contributed by atoms with Gasteiger partial charge >= 0.3 is 0 Å². The van der Waals surface area contributed by atoms with Crippen molar-refractivity contribution in [3.63, 3.8) is 0 Å². The van der Waals surface area contributed by atoms with Crippen LogP contribution in [0, 0.1) is 6.92 Å². The normalized spacial score (nSPS) is 10.8. The first-order valence-electron chi connectivity index (χ1n) is 8.45. The summed E-state index contributed by atoms with van der Waals surface area (Å²) in [5.41, 5.74) is 9.62. The minimum absolute atomic E-state index is 0.149. The number of Topliss-reactive ketones (excluding diaryl/α,β-unsaturated/α-hetero) is 1. The van der Waals surface area contributed by atoms with Crippen molar-refractivity contribution in [3.8, 4) is 0 Å². The zero-order valence-corrected chi connectivity index (χ0v) is 15.7. The molecule has 3 rings (SSSR count). The Labute approximate surface area is 156 Å². The Morgan fingerprint density at radius 1 is 1.12 bits per heavy atom. The summed E-state index contributed by atoms with van der Waals surface area (Å²) in [7, 11) is 0. The van der Waals surface area contributed by atoms with Crippen LogP contribution in [0.15, 0.2) is 36.4 Å². The number of benzene rings is 1. The molecule has 3 aromatic rings. The minimum atomic E-state index is -0.170. The lowest BCUT2D eigenvalue weighted by atomic mass is 10.1. The van der Waals surface area contributed by atoms with Gasteiger partial charge in [-0.1, -0.05) is 24.3 Å². The predicted octanol–water partition coefficient (Wildman–Crippen LogP) is 3.29. The van der Waals surface area contributed by atoms with E-state index in [2.05, 4.69) is 10.3 Å². The number of amides is 1. The lowest BCUT2D eigenvalue weighted by molar-refractivity contribution is -0.116. The fraction of sp³-hybridized carbons (Fsp3) is 0.250. The summed E-state index contributed by atoms with van der Waals surface area (Å²) in [5, 5.41) is 3.75. The highest BCUT2D eigenvalue weighted by molar-refractivity contribution is 7.21. The SMILES string of the molecule is CC(=O)Cc1ccc(CCNC(=O)c2sc3nc(C)ccc3c2N)cc1. The smallest absolute Gasteiger partial charge is 0.263 e. The van der Waals surface area contributed by atoms with Crippen molar-refractivity contribution >= 4 is 38.9 Å². The van der Waals surface area contributed by atoms with Gasteiger partial charge in [0, 0.05) is 24.0 Å². The second-order valence-electron chi connectivity index (χ2n) is 6.35. The quantitative estimate of drug-likeness (QED) is 0.700. The highest BCUT2D eigenvalue weighted by Gasteiger charge is 2.16. The fourth-order valence-electron chi connectivity index (χ4n) is 2.77. The number of rotatable bonds is 6. The van der Waals surface area contributed by atoms with Gasteiger partial charge in [-0.3, -0.25) is 9.59 Å². The van der Waals surface area contributed by atoms with Crippen LogP contribution in [0.3, 0.4) is 0 Å². The minimum Gasteiger partial charge on any atom is -0.397 e. The number of aryl methyl sites for hydroxylation is 1. The maximum Gasteiger partial charge on any atom is 0.263 e. The molecule has 2 aromatic heterocycles. The van der Waals surface area contributed by atoms with Crippen molar-refractivity contribution in [2.45, 2.75) is 26.7 Å². The van der Waals surface area contributed by atoms with Crippen LogP contribution in [0.5, 0.6) is 0 Å². The molecule has 134 valence electrons. The number of hydrogen-bond donors (Lipinski definition) is 2. The van der Waals surface area contributed by atoms with Crippen LogP contribution in [-0.4, -0.2) is 23.2 Å². The van der Waals surface area contributed by atoms with E-state index in [1.165, 1.54) is 11.3 Å². The molecule has 0 spiro atoms. The summed E-state index contributed by atoms with van der Waals surface area (Å²) in [6, 6.07) is 11.7. The number of aromatic nitrogens is 1. The van der Waals surface area contributed by atoms with Crippen LogP contribution in [0.25, 0.3) is 10.2 Å². The molecule has 0 bridgehead atoms. The lowest BCUT2D eigenvalue weighted by Gasteiger charge is -2.06. The molecule has 0 radical (unpaired) electrons. The molecule has 3 N–H and O–H groups in total. The van der Waals surface area contributed by atoms with Crippen molar-refractivity contribution in [2.75, 3.05) is 12.3 Å². The van der Waals surface area contributed by atoms with E-state index in [0.717, 1.165) is 27.0 Å². The van der Waals surface area contributed by atoms with E-state index in [-0.39, 0.29) is 11.7 Å². The van der Waals surface area contributed by atoms with Gasteiger partial charge in [-0.15, -0.1) is 11.3 Å². The van der Waals surface area contributed by atoms with Gasteiger partial charge < -0.3 is 11.1 Å². The number of pyridine rings is 1. The molecular weight excluding hydrogens is 346 g/mol. The topological polar surface area (TPSA) is 85.1 Å². The Kier molecular flexibility index (Phi) is 5.32. The molecule has 6 heteroatoms. The Balaban J connectivity index is 1.60. The molecule has 2 heterocycles. The van der Waals surface area contributed by atoms with Gasteiger partial charge in [-0.2, -0.15) is 0 Å². The number of nitrogens with two attached hydrogens (primary N) is 1. The molecule has 0 unspecified atom stereocenters. The number of ketones is 1. The highest BCUT2D eigenvalue weighted by Crippen LogP contribution is 2.32. The summed E-state index contributed by atoms with van der Waals surface area (Å²) in [4.78, 5) is 29.3. The number of carbonyl (C=O) groups excluding carboxylic acids is 2. The van der Waals surface area contributed by atoms with Crippen LogP contribution in [0.1, 0.15) is 33.4 Å². The van der Waals surface area contributed by atoms with E-state index in [1.54, 1.807) is 6.92 Å². The van der Waals surface area contributed by atoms with E-state index >= 15 is 0 Å². The molecule has 0 aliphatic heterocycles. The third kappa shape index (κ3) is 4.08. The first-order chi connectivity index (χ1) is 12.4. The van der Waals surface area contributed by atoms with E-state index in [4.69, 9.17) is 5.73 Å². The van der Waals surface area contributed by atoms with E-state index in [0.29, 0.717) is 30.0 Å². The second-order valence-corrected chi connectivity index (χ2v) is 7.35. The number of nitrogen functional groups attached to an aromatic ring is 1. The molecule has 26 heavy (non-hydrogen) atoms. The second kappa shape index (κ2) is 7.66. The molecule has 0 saturated heterocycles. The van der Waals surface area contributed by atoms with Crippen molar-refractivity contribution < 1.29 is 9.59 Å². The maximum absolute atomic E-state index is 12.4. The maximum atomic E-state index is 12.4. The van der Waals surface area contributed by atoms with Crippen molar-refractivity contribution in [2.24, 2.45) is 0 Å². The summed E-state index contributed by atoms with van der Waals surface area (Å²) < 4.78 is 0. The van der Waals surface area contributed by atoms with Crippen LogP contribution >= 0.6 is 11.3 Å². The Morgan fingerprint density at radius 3 is 2.50 bits per heavy atom. The number of thiophene rings is 1. The zero-order valence-electron chi connectivity index (χ0n) is 14.8. The summed E-state index contributed by atoms with van der Waals surface area (Å²) in [6.07, 6.45) is 1.17. The number of carbonyl (C=O) groups is 2. The van der Waals surface area contributed by atoms with Gasteiger partial charge in [-0.25, -0.2) is 4.98 Å². The third-order valence-corrected chi connectivity index (χ3v) is 5.23. The zero-order chi connectivity index (χ0) is 18.7. The van der Waals surface area contributed by atoms with Crippen LogP contribution in [-0.2, 0) is 17.6 Å². The summed E-state index contributed by atoms with van der Waals surface area (Å²) in [6.45, 7) is 4.02. The molecule has 1 amide bonds. The van der Waals surface area contributed by atoms with Gasteiger partial charge in [0.25, 0.3) is 5.91 Å². The van der Waals surface area contributed by atoms with E-state index in [9.17, 15) is 9.59 Å². The molecule has 1 aromatic carbocycles. The first-order valence-corrected chi connectivity index (χ1v) is 9.27. The van der Waals surface area contributed by atoms with Gasteiger partial charge in [0.15, 0.2) is 0 Å². The molecule has 0 atom stereocenters. The van der Waals surface area contributed by atoms with Crippen molar-refractivity contribution in [1.82, 2.24) is 10.3 Å². The van der Waals surface area contributed by atoms with Crippen LogP contribution < -0.4 is 11.1 Å². The van der Waals surface area contributed by atoms with Gasteiger partial charge in [0.2, 0.25) is 0 Å². The highest BCUT2D eigenvalue weighted by atomic mass is 32.1. The van der Waals surface area contributed by atoms with Gasteiger partial charge in [0.05, 0.1) is 5.69 Å². The fourth-order valence-corrected chi connectivity index (χ4v) is 3.83. The predicted molar refractivity (Wildman–Crippen MR) is 106 cm³/mol. The van der Waals surface area contributed by atoms with E-state index < -0.39 is 0 Å². The first kappa shape index (κ1) is 18.1. The van der Waals surface area contributed by atoms with Crippen LogP contribution in [0.2, 0.25) is 0 Å². The number of hydrogen-bond acceptors (Lipinski definition) is 5. The monoisotopic (exact) mass is 367 g/mol. The summed E-state index contributed by atoms with van der Waals surface area (Å²) in [5.74, 6) is -0.0213. The third-order valence-electron chi connectivity index (χ3n) is 4.11. The molecule has 5 nitrogen and oxygen atoms in total. The van der Waals surface area contributed by atoms with Crippen molar-refractivity contribution in [3.05, 3.63) is 58.1 Å². The summed E-state index contributed by atoms with van der Waals surface area (Å²) >= 11 is 1.32.